The molecule has 2 heteroatoms. The fourth-order valence-corrected chi connectivity index (χ4v) is 14.7. The smallest absolute Gasteiger partial charge is 0.0497 e. The molecule has 0 saturated carbocycles. The van der Waals surface area contributed by atoms with Crippen molar-refractivity contribution in [3.05, 3.63) is 186 Å². The third-order valence-corrected chi connectivity index (χ3v) is 17.5. The van der Waals surface area contributed by atoms with Crippen LogP contribution in [0.3, 0.4) is 0 Å². The molecule has 0 amide bonds. The Kier molecular flexibility index (Phi) is 6.67. The van der Waals surface area contributed by atoms with Gasteiger partial charge in [0.1, 0.15) is 0 Å². The van der Waals surface area contributed by atoms with E-state index in [-0.39, 0.29) is 19.9 Å². The minimum Gasteiger partial charge on any atom is -0.0497 e. The van der Waals surface area contributed by atoms with Gasteiger partial charge in [-0.05, 0) is 45.5 Å². The molecular formula is C58H36SSe. The molecule has 2 aromatic heterocycles. The van der Waals surface area contributed by atoms with E-state index < -0.39 is 0 Å². The molecule has 0 fully saturated rings. The van der Waals surface area contributed by atoms with Crippen LogP contribution in [0.4, 0.5) is 0 Å². The molecule has 2 heterocycles. The van der Waals surface area contributed by atoms with Crippen LogP contribution in [0.2, 0.25) is 0 Å². The van der Waals surface area contributed by atoms with Crippen molar-refractivity contribution < 1.29 is 0 Å². The van der Waals surface area contributed by atoms with Crippen molar-refractivity contribution >= 4 is 114 Å². The number of benzene rings is 10. The summed E-state index contributed by atoms with van der Waals surface area (Å²) >= 11 is 2.15. The molecule has 12 aromatic rings. The summed E-state index contributed by atoms with van der Waals surface area (Å²) in [5.74, 6) is 0. The van der Waals surface area contributed by atoms with Gasteiger partial charge in [0, 0.05) is 5.41 Å². The number of rotatable bonds is 2. The van der Waals surface area contributed by atoms with Gasteiger partial charge in [0.2, 0.25) is 0 Å². The Morgan fingerprint density at radius 3 is 1.88 bits per heavy atom. The summed E-state index contributed by atoms with van der Waals surface area (Å²) in [6.07, 6.45) is 5.77. The number of fused-ring (bicyclic) bond motifs is 16. The molecular weight excluding hydrogens is 808 g/mol. The van der Waals surface area contributed by atoms with Crippen molar-refractivity contribution in [2.45, 2.75) is 25.7 Å². The van der Waals surface area contributed by atoms with Gasteiger partial charge >= 0.3 is 252 Å². The number of allylic oxidation sites excluding steroid dienone is 1. The van der Waals surface area contributed by atoms with Crippen molar-refractivity contribution in [3.63, 3.8) is 0 Å². The maximum atomic E-state index is 2.55. The summed E-state index contributed by atoms with van der Waals surface area (Å²) < 4.78 is 5.68. The van der Waals surface area contributed by atoms with E-state index in [0.29, 0.717) is 0 Å². The van der Waals surface area contributed by atoms with Gasteiger partial charge in [0.05, 0.1) is 0 Å². The minimum atomic E-state index is -0.0204. The van der Waals surface area contributed by atoms with Crippen LogP contribution < -0.4 is 0 Å². The first-order valence-electron chi connectivity index (χ1n) is 21.0. The Hall–Kier alpha value is -6.28. The molecule has 0 bridgehead atoms. The summed E-state index contributed by atoms with van der Waals surface area (Å²) in [7, 11) is 0. The predicted octanol–water partition coefficient (Wildman–Crippen LogP) is 16.2. The standard InChI is InChI=1S/C58H36SSe/c1-58(2)50-16-6-5-14-41(50)42-22-18-36(28-51(42)58)35-20-24-53-48(27-35)47-26-34(19-23-52(47)59-53)33-17-21-40-44(25-33)38-12-3-4-13-39(38)45-30-49-54(31-46(40)45)60-55-29-37-11-7-9-32-10-8-15-43(56(32)37)57(49)55/h3-9,11-31H,10H2,1-2H3. The average molecular weight is 844 g/mol. The van der Waals surface area contributed by atoms with E-state index in [0.717, 1.165) is 6.42 Å². The van der Waals surface area contributed by atoms with Crippen LogP contribution in [-0.2, 0) is 11.8 Å². The van der Waals surface area contributed by atoms with Crippen molar-refractivity contribution in [1.29, 1.82) is 0 Å². The third kappa shape index (κ3) is 4.51. The van der Waals surface area contributed by atoms with Crippen molar-refractivity contribution in [1.82, 2.24) is 0 Å². The van der Waals surface area contributed by atoms with E-state index >= 15 is 0 Å². The summed E-state index contributed by atoms with van der Waals surface area (Å²) in [6, 6.07) is 60.9. The number of hydrogen-bond acceptors (Lipinski definition) is 1. The van der Waals surface area contributed by atoms with Crippen LogP contribution in [-0.4, -0.2) is 14.5 Å². The van der Waals surface area contributed by atoms with Gasteiger partial charge in [-0.3, -0.25) is 0 Å². The Morgan fingerprint density at radius 2 is 1.08 bits per heavy atom. The first-order valence-corrected chi connectivity index (χ1v) is 23.6. The molecule has 0 aliphatic heterocycles. The molecule has 2 aliphatic rings. The molecule has 14 rings (SSSR count). The molecule has 0 radical (unpaired) electrons. The van der Waals surface area contributed by atoms with E-state index in [1.807, 2.05) is 11.3 Å². The molecule has 280 valence electrons. The molecule has 10 aromatic carbocycles. The van der Waals surface area contributed by atoms with Gasteiger partial charge in [0.25, 0.3) is 0 Å². The predicted molar refractivity (Wildman–Crippen MR) is 262 cm³/mol. The minimum absolute atomic E-state index is 0.0204. The van der Waals surface area contributed by atoms with Crippen LogP contribution in [0.5, 0.6) is 0 Å². The zero-order valence-corrected chi connectivity index (χ0v) is 35.7. The summed E-state index contributed by atoms with van der Waals surface area (Å²) in [4.78, 5) is 0. The van der Waals surface area contributed by atoms with Gasteiger partial charge in [0.15, 0.2) is 0 Å². The molecule has 0 spiro atoms. The van der Waals surface area contributed by atoms with Gasteiger partial charge in [-0.2, -0.15) is 0 Å². The van der Waals surface area contributed by atoms with Crippen molar-refractivity contribution in [2.24, 2.45) is 0 Å². The second kappa shape index (κ2) is 11.9. The molecule has 0 atom stereocenters. The Labute approximate surface area is 357 Å². The van der Waals surface area contributed by atoms with Crippen LogP contribution in [0.1, 0.15) is 36.1 Å². The van der Waals surface area contributed by atoms with E-state index in [1.165, 1.54) is 138 Å². The summed E-state index contributed by atoms with van der Waals surface area (Å²) in [5.41, 5.74) is 13.5. The van der Waals surface area contributed by atoms with E-state index in [9.17, 15) is 0 Å². The monoisotopic (exact) mass is 844 g/mol. The summed E-state index contributed by atoms with van der Waals surface area (Å²) in [5, 5.41) is 16.4. The fourth-order valence-electron chi connectivity index (χ4n) is 11.1. The molecule has 0 unspecified atom stereocenters. The first kappa shape index (κ1) is 33.5. The molecule has 0 N–H and O–H groups in total. The van der Waals surface area contributed by atoms with Crippen LogP contribution >= 0.6 is 11.3 Å². The van der Waals surface area contributed by atoms with Crippen LogP contribution in [0.15, 0.2) is 164 Å². The maximum absolute atomic E-state index is 2.55. The zero-order chi connectivity index (χ0) is 39.4. The van der Waals surface area contributed by atoms with Crippen molar-refractivity contribution in [2.75, 3.05) is 0 Å². The SMILES string of the molecule is CC1(C)c2ccccc2-c2ccc(-c3ccc4sc5ccc(-c6ccc7c(c6)c6ccccc6c6cc8c(cc76)[se]c6cc7cccc9c7c(c68)C=CC9)cc5c4c3)cc21. The molecule has 0 nitrogen and oxygen atoms in total. The third-order valence-electron chi connectivity index (χ3n) is 14.0. The number of hydrogen-bond donors (Lipinski definition) is 0. The Balaban J connectivity index is 0.922. The van der Waals surface area contributed by atoms with Gasteiger partial charge in [-0.1, -0.05) is 56.3 Å². The quantitative estimate of drug-likeness (QED) is 0.120. The number of thiophene rings is 1. The normalized spacial score (nSPS) is 14.2. The Morgan fingerprint density at radius 1 is 0.450 bits per heavy atom. The van der Waals surface area contributed by atoms with E-state index in [4.69, 9.17) is 0 Å². The first-order chi connectivity index (χ1) is 29.5. The second-order valence-corrected chi connectivity index (χ2v) is 20.9. The van der Waals surface area contributed by atoms with Gasteiger partial charge in [-0.15, -0.1) is 0 Å². The topological polar surface area (TPSA) is 0 Å². The van der Waals surface area contributed by atoms with Gasteiger partial charge in [-0.25, -0.2) is 0 Å². The molecule has 2 aliphatic carbocycles. The molecule has 60 heavy (non-hydrogen) atoms. The van der Waals surface area contributed by atoms with E-state index in [2.05, 4.69) is 184 Å². The average Bonchev–Trinajstić information content (AvgIpc) is 3.92. The fraction of sp³-hybridized carbons (Fsp3) is 0.0690. The zero-order valence-electron chi connectivity index (χ0n) is 33.2. The second-order valence-electron chi connectivity index (χ2n) is 17.5. The van der Waals surface area contributed by atoms with E-state index in [1.54, 1.807) is 0 Å². The molecule has 0 saturated heterocycles. The van der Waals surface area contributed by atoms with Gasteiger partial charge < -0.3 is 0 Å². The van der Waals surface area contributed by atoms with Crippen molar-refractivity contribution in [3.8, 4) is 33.4 Å². The van der Waals surface area contributed by atoms with Crippen LogP contribution in [0.25, 0.3) is 122 Å². The van der Waals surface area contributed by atoms with Crippen LogP contribution in [0, 0.1) is 0 Å². The Bertz CT molecular complexity index is 3940. The summed E-state index contributed by atoms with van der Waals surface area (Å²) in [6.45, 7) is 4.73.